The van der Waals surface area contributed by atoms with E-state index in [1.54, 1.807) is 25.7 Å². The monoisotopic (exact) mass is 278 g/mol. The van der Waals surface area contributed by atoms with Crippen LogP contribution in [0.5, 0.6) is 0 Å². The fraction of sp³-hybridized carbons (Fsp3) is 1.00. The van der Waals surface area contributed by atoms with E-state index in [2.05, 4.69) is 6.92 Å². The van der Waals surface area contributed by atoms with E-state index in [1.165, 1.54) is 77.0 Å². The first-order chi connectivity index (χ1) is 9.86. The lowest BCUT2D eigenvalue weighted by atomic mass is 9.78. The molecule has 0 amide bonds. The Labute approximate surface area is 128 Å². The van der Waals surface area contributed by atoms with Crippen molar-refractivity contribution in [2.75, 3.05) is 0 Å². The summed E-state index contributed by atoms with van der Waals surface area (Å²) >= 11 is 0. The fourth-order valence-electron chi connectivity index (χ4n) is 4.70. The highest BCUT2D eigenvalue weighted by molar-refractivity contribution is 4.74. The highest BCUT2D eigenvalue weighted by atomic mass is 14.3. The number of rotatable bonds is 1. The van der Waals surface area contributed by atoms with Crippen LogP contribution in [0.4, 0.5) is 0 Å². The van der Waals surface area contributed by atoms with Crippen molar-refractivity contribution in [1.29, 1.82) is 0 Å². The summed E-state index contributed by atoms with van der Waals surface area (Å²) in [5, 5.41) is 0. The Bertz CT molecular complexity index is 219. The Morgan fingerprint density at radius 1 is 0.400 bits per heavy atom. The molecule has 0 saturated heterocycles. The summed E-state index contributed by atoms with van der Waals surface area (Å²) in [4.78, 5) is 0. The van der Waals surface area contributed by atoms with E-state index in [1.807, 2.05) is 0 Å². The summed E-state index contributed by atoms with van der Waals surface area (Å²) in [6, 6.07) is 0. The van der Waals surface area contributed by atoms with Gasteiger partial charge in [0, 0.05) is 0 Å². The minimum Gasteiger partial charge on any atom is -0.0625 e. The van der Waals surface area contributed by atoms with Gasteiger partial charge in [-0.25, -0.2) is 0 Å². The van der Waals surface area contributed by atoms with Gasteiger partial charge in [-0.05, 0) is 17.8 Å². The van der Waals surface area contributed by atoms with Crippen LogP contribution in [0.2, 0.25) is 0 Å². The van der Waals surface area contributed by atoms with E-state index in [0.717, 1.165) is 17.8 Å². The molecule has 0 aromatic carbocycles. The van der Waals surface area contributed by atoms with Gasteiger partial charge < -0.3 is 0 Å². The lowest BCUT2D eigenvalue weighted by molar-refractivity contribution is 0.237. The van der Waals surface area contributed by atoms with E-state index < -0.39 is 0 Å². The van der Waals surface area contributed by atoms with E-state index >= 15 is 0 Å². The van der Waals surface area contributed by atoms with E-state index in [-0.39, 0.29) is 0 Å². The average molecular weight is 279 g/mol. The second kappa shape index (κ2) is 9.85. The van der Waals surface area contributed by atoms with Crippen LogP contribution < -0.4 is 0 Å². The van der Waals surface area contributed by atoms with Gasteiger partial charge in [-0.1, -0.05) is 110 Å². The molecule has 118 valence electrons. The van der Waals surface area contributed by atoms with Crippen LogP contribution in [0.15, 0.2) is 0 Å². The van der Waals surface area contributed by atoms with Crippen molar-refractivity contribution in [2.24, 2.45) is 17.8 Å². The average Bonchev–Trinajstić information content (AvgIpc) is 2.57. The molecule has 2 unspecified atom stereocenters. The van der Waals surface area contributed by atoms with Gasteiger partial charge >= 0.3 is 0 Å². The Balaban J connectivity index is 1.83. The fourth-order valence-corrected chi connectivity index (χ4v) is 4.70. The topological polar surface area (TPSA) is 0 Å². The van der Waals surface area contributed by atoms with Crippen molar-refractivity contribution in [1.82, 2.24) is 0 Å². The minimum absolute atomic E-state index is 0.998. The highest BCUT2D eigenvalue weighted by Crippen LogP contribution is 2.35. The van der Waals surface area contributed by atoms with Crippen LogP contribution in [-0.4, -0.2) is 0 Å². The normalized spacial score (nSPS) is 32.9. The molecule has 2 rings (SSSR count). The molecule has 0 spiro atoms. The minimum atomic E-state index is 0.998. The van der Waals surface area contributed by atoms with E-state index in [0.29, 0.717) is 0 Å². The van der Waals surface area contributed by atoms with Crippen LogP contribution >= 0.6 is 0 Å². The quantitative estimate of drug-likeness (QED) is 0.479. The van der Waals surface area contributed by atoms with Crippen molar-refractivity contribution in [3.8, 4) is 0 Å². The van der Waals surface area contributed by atoms with Crippen LogP contribution in [0.25, 0.3) is 0 Å². The first-order valence-electron chi connectivity index (χ1n) is 9.86. The van der Waals surface area contributed by atoms with Crippen molar-refractivity contribution in [2.45, 2.75) is 110 Å². The van der Waals surface area contributed by atoms with Crippen LogP contribution in [-0.2, 0) is 0 Å². The first-order valence-corrected chi connectivity index (χ1v) is 9.86. The summed E-state index contributed by atoms with van der Waals surface area (Å²) in [7, 11) is 0. The third-order valence-corrected chi connectivity index (χ3v) is 6.11. The molecule has 2 aliphatic carbocycles. The molecule has 0 aromatic heterocycles. The molecule has 0 bridgehead atoms. The van der Waals surface area contributed by atoms with Crippen LogP contribution in [0, 0.1) is 17.8 Å². The van der Waals surface area contributed by atoms with Gasteiger partial charge in [-0.15, -0.1) is 0 Å². The van der Waals surface area contributed by atoms with Gasteiger partial charge in [0.1, 0.15) is 0 Å². The largest absolute Gasteiger partial charge is 0.0625 e. The molecule has 0 aromatic rings. The van der Waals surface area contributed by atoms with Gasteiger partial charge in [-0.3, -0.25) is 0 Å². The second-order valence-electron chi connectivity index (χ2n) is 7.89. The molecule has 0 radical (unpaired) electrons. The molecule has 0 nitrogen and oxygen atoms in total. The standard InChI is InChI=1S/C20H38/c1-18-12-9-10-16-20(17-11-13-18)19-14-7-5-3-2-4-6-8-15-19/h18-20H,2-17H2,1H3. The SMILES string of the molecule is CC1CCCCC(C2CCCCCCCCC2)CCC1. The van der Waals surface area contributed by atoms with Gasteiger partial charge in [0.05, 0.1) is 0 Å². The Kier molecular flexibility index (Phi) is 8.06. The second-order valence-corrected chi connectivity index (χ2v) is 7.89. The van der Waals surface area contributed by atoms with E-state index in [4.69, 9.17) is 0 Å². The summed E-state index contributed by atoms with van der Waals surface area (Å²) in [5.41, 5.74) is 0. The third-order valence-electron chi connectivity index (χ3n) is 6.11. The maximum atomic E-state index is 2.48. The zero-order valence-electron chi connectivity index (χ0n) is 14.0. The first kappa shape index (κ1) is 16.4. The molecule has 0 N–H and O–H groups in total. The lowest BCUT2D eigenvalue weighted by Crippen LogP contribution is -2.16. The molecule has 0 aliphatic heterocycles. The van der Waals surface area contributed by atoms with Crippen LogP contribution in [0.3, 0.4) is 0 Å². The van der Waals surface area contributed by atoms with Gasteiger partial charge in [0.15, 0.2) is 0 Å². The molecule has 2 saturated carbocycles. The molecular formula is C20H38. The molecule has 0 heteroatoms. The summed E-state index contributed by atoms with van der Waals surface area (Å²) in [5.74, 6) is 3.17. The van der Waals surface area contributed by atoms with Gasteiger partial charge in [-0.2, -0.15) is 0 Å². The predicted octanol–water partition coefficient (Wildman–Crippen LogP) is 7.12. The van der Waals surface area contributed by atoms with Crippen molar-refractivity contribution in [3.63, 3.8) is 0 Å². The molecule has 2 atom stereocenters. The maximum absolute atomic E-state index is 2.48. The summed E-state index contributed by atoms with van der Waals surface area (Å²) in [6.45, 7) is 2.48. The zero-order valence-corrected chi connectivity index (χ0v) is 14.0. The molecule has 0 heterocycles. The van der Waals surface area contributed by atoms with Crippen LogP contribution in [0.1, 0.15) is 110 Å². The maximum Gasteiger partial charge on any atom is -0.0386 e. The van der Waals surface area contributed by atoms with Crippen molar-refractivity contribution >= 4 is 0 Å². The van der Waals surface area contributed by atoms with Gasteiger partial charge in [0.25, 0.3) is 0 Å². The zero-order chi connectivity index (χ0) is 14.0. The highest BCUT2D eigenvalue weighted by Gasteiger charge is 2.22. The summed E-state index contributed by atoms with van der Waals surface area (Å²) < 4.78 is 0. The third kappa shape index (κ3) is 6.19. The molecule has 20 heavy (non-hydrogen) atoms. The van der Waals surface area contributed by atoms with Crippen molar-refractivity contribution < 1.29 is 0 Å². The Morgan fingerprint density at radius 3 is 1.35 bits per heavy atom. The Hall–Kier alpha value is 0. The predicted molar refractivity (Wildman–Crippen MR) is 90.0 cm³/mol. The van der Waals surface area contributed by atoms with E-state index in [9.17, 15) is 0 Å². The number of hydrogen-bond donors (Lipinski definition) is 0. The smallest absolute Gasteiger partial charge is 0.0386 e. The number of hydrogen-bond acceptors (Lipinski definition) is 0. The lowest BCUT2D eigenvalue weighted by Gasteiger charge is -2.28. The Morgan fingerprint density at radius 2 is 0.750 bits per heavy atom. The summed E-state index contributed by atoms with van der Waals surface area (Å²) in [6.07, 6.45) is 24.4. The molecular weight excluding hydrogens is 240 g/mol. The molecule has 2 aliphatic rings. The molecule has 2 fully saturated rings. The van der Waals surface area contributed by atoms with Crippen molar-refractivity contribution in [3.05, 3.63) is 0 Å². The van der Waals surface area contributed by atoms with Gasteiger partial charge in [0.2, 0.25) is 0 Å².